The molecule has 7 nitrogen and oxygen atoms in total. The van der Waals surface area contributed by atoms with Crippen LogP contribution < -0.4 is 5.43 Å². The van der Waals surface area contributed by atoms with E-state index in [0.717, 1.165) is 23.1 Å². The molecule has 0 saturated carbocycles. The van der Waals surface area contributed by atoms with Crippen LogP contribution in [0.5, 0.6) is 0 Å². The number of carbonyl (C=O) groups is 1. The van der Waals surface area contributed by atoms with Gasteiger partial charge >= 0.3 is 0 Å². The Morgan fingerprint density at radius 3 is 2.75 bits per heavy atom. The van der Waals surface area contributed by atoms with Crippen molar-refractivity contribution in [1.82, 2.24) is 20.2 Å². The zero-order chi connectivity index (χ0) is 19.9. The average Bonchev–Trinajstić information content (AvgIpc) is 3.31. The summed E-state index contributed by atoms with van der Waals surface area (Å²) in [6.07, 6.45) is 3.01. The summed E-state index contributed by atoms with van der Waals surface area (Å²) >= 11 is 1.34. The van der Waals surface area contributed by atoms with Gasteiger partial charge in [0.05, 0.1) is 18.2 Å². The molecule has 0 fully saturated rings. The number of hydrogen-bond donors (Lipinski definition) is 1. The predicted molar refractivity (Wildman–Crippen MR) is 110 cm³/mol. The molecule has 8 heteroatoms. The fourth-order valence-corrected chi connectivity index (χ4v) is 3.28. The summed E-state index contributed by atoms with van der Waals surface area (Å²) in [4.78, 5) is 12.1. The van der Waals surface area contributed by atoms with Gasteiger partial charge in [-0.3, -0.25) is 4.79 Å². The zero-order valence-corrected chi connectivity index (χ0v) is 16.9. The summed E-state index contributed by atoms with van der Waals surface area (Å²) in [5, 5.41) is 13.3. The Morgan fingerprint density at radius 1 is 1.29 bits per heavy atom. The van der Waals surface area contributed by atoms with Crippen LogP contribution in [0.3, 0.4) is 0 Å². The molecular formula is C20H23N5O2S. The Balaban J connectivity index is 1.67. The van der Waals surface area contributed by atoms with E-state index < -0.39 is 0 Å². The van der Waals surface area contributed by atoms with Crippen LogP contribution in [0.1, 0.15) is 25.2 Å². The number of hydrogen-bond acceptors (Lipinski definition) is 6. The largest absolute Gasteiger partial charge is 0.463 e. The van der Waals surface area contributed by atoms with Crippen molar-refractivity contribution in [3.05, 3.63) is 54.0 Å². The van der Waals surface area contributed by atoms with Crippen LogP contribution in [-0.4, -0.2) is 32.6 Å². The van der Waals surface area contributed by atoms with E-state index in [0.29, 0.717) is 11.7 Å². The van der Waals surface area contributed by atoms with Crippen LogP contribution in [-0.2, 0) is 11.3 Å². The number of nitrogens with zero attached hydrogens (tertiary/aromatic N) is 4. The van der Waals surface area contributed by atoms with Gasteiger partial charge in [0.15, 0.2) is 11.0 Å². The molecule has 0 radical (unpaired) electrons. The van der Waals surface area contributed by atoms with Crippen LogP contribution >= 0.6 is 11.8 Å². The normalized spacial score (nSPS) is 11.4. The number of nitrogens with one attached hydrogen (secondary N) is 1. The Hall–Kier alpha value is -2.87. The lowest BCUT2D eigenvalue weighted by Gasteiger charge is -2.12. The minimum Gasteiger partial charge on any atom is -0.463 e. The number of aryl methyl sites for hydroxylation is 1. The first-order valence-corrected chi connectivity index (χ1v) is 10.00. The van der Waals surface area contributed by atoms with Crippen molar-refractivity contribution in [3.8, 4) is 11.4 Å². The maximum Gasteiger partial charge on any atom is 0.250 e. The molecule has 0 spiro atoms. The smallest absolute Gasteiger partial charge is 0.250 e. The van der Waals surface area contributed by atoms with E-state index in [1.165, 1.54) is 23.5 Å². The van der Waals surface area contributed by atoms with Gasteiger partial charge in [-0.2, -0.15) is 5.10 Å². The highest BCUT2D eigenvalue weighted by Crippen LogP contribution is 2.25. The first-order chi connectivity index (χ1) is 13.5. The van der Waals surface area contributed by atoms with E-state index in [1.807, 2.05) is 12.1 Å². The van der Waals surface area contributed by atoms with Gasteiger partial charge in [0.2, 0.25) is 0 Å². The molecule has 28 heavy (non-hydrogen) atoms. The third-order valence-corrected chi connectivity index (χ3v) is 4.80. The number of furan rings is 1. The first kappa shape index (κ1) is 19.9. The molecule has 3 aromatic rings. The van der Waals surface area contributed by atoms with Gasteiger partial charge in [-0.25, -0.2) is 5.43 Å². The maximum absolute atomic E-state index is 12.1. The van der Waals surface area contributed by atoms with Gasteiger partial charge in [0, 0.05) is 12.1 Å². The van der Waals surface area contributed by atoms with Gasteiger partial charge in [0.25, 0.3) is 5.91 Å². The lowest BCUT2D eigenvalue weighted by atomic mass is 10.1. The van der Waals surface area contributed by atoms with Gasteiger partial charge in [-0.05, 0) is 25.0 Å². The second-order valence-corrected chi connectivity index (χ2v) is 7.72. The highest BCUT2D eigenvalue weighted by molar-refractivity contribution is 7.99. The Morgan fingerprint density at radius 2 is 2.07 bits per heavy atom. The quantitative estimate of drug-likeness (QED) is 0.355. The van der Waals surface area contributed by atoms with Crippen LogP contribution in [0.25, 0.3) is 11.4 Å². The minimum atomic E-state index is -0.219. The van der Waals surface area contributed by atoms with Gasteiger partial charge in [0.1, 0.15) is 5.76 Å². The third-order valence-electron chi connectivity index (χ3n) is 3.83. The van der Waals surface area contributed by atoms with Gasteiger partial charge in [-0.1, -0.05) is 55.4 Å². The van der Waals surface area contributed by atoms with E-state index in [4.69, 9.17) is 4.42 Å². The first-order valence-electron chi connectivity index (χ1n) is 9.01. The standard InChI is InChI=1S/C20H23N5O2S/c1-14(2)12-25-19(16-8-6-15(3)7-9-16)23-24-20(25)28-13-18(26)22-21-11-17-5-4-10-27-17/h4-11,14H,12-13H2,1-3H3,(H,22,26)/b21-11+. The van der Waals surface area contributed by atoms with Crippen LogP contribution in [0.4, 0.5) is 0 Å². The number of hydrazone groups is 1. The number of carbonyl (C=O) groups excluding carboxylic acids is 1. The molecule has 0 unspecified atom stereocenters. The van der Waals surface area contributed by atoms with Crippen LogP contribution in [0.15, 0.2) is 57.3 Å². The fourth-order valence-electron chi connectivity index (χ4n) is 2.54. The number of thioether (sulfide) groups is 1. The molecule has 0 aliphatic rings. The van der Waals surface area contributed by atoms with Gasteiger partial charge in [-0.15, -0.1) is 10.2 Å². The highest BCUT2D eigenvalue weighted by Gasteiger charge is 2.16. The van der Waals surface area contributed by atoms with E-state index in [1.54, 1.807) is 18.4 Å². The van der Waals surface area contributed by atoms with Crippen molar-refractivity contribution in [2.24, 2.45) is 11.0 Å². The van der Waals surface area contributed by atoms with Crippen molar-refractivity contribution in [1.29, 1.82) is 0 Å². The zero-order valence-electron chi connectivity index (χ0n) is 16.1. The number of benzene rings is 1. The van der Waals surface area contributed by atoms with Crippen molar-refractivity contribution < 1.29 is 9.21 Å². The average molecular weight is 398 g/mol. The summed E-state index contributed by atoms with van der Waals surface area (Å²) in [6.45, 7) is 7.11. The summed E-state index contributed by atoms with van der Waals surface area (Å²) in [5.74, 6) is 1.79. The fraction of sp³-hybridized carbons (Fsp3) is 0.300. The third kappa shape index (κ3) is 5.32. The molecule has 2 heterocycles. The lowest BCUT2D eigenvalue weighted by molar-refractivity contribution is -0.118. The molecule has 3 rings (SSSR count). The molecule has 146 valence electrons. The number of rotatable bonds is 8. The molecule has 0 saturated heterocycles. The summed E-state index contributed by atoms with van der Waals surface area (Å²) in [7, 11) is 0. The van der Waals surface area contributed by atoms with Crippen molar-refractivity contribution in [3.63, 3.8) is 0 Å². The molecule has 0 atom stereocenters. The second kappa shape index (κ2) is 9.36. The summed E-state index contributed by atoms with van der Waals surface area (Å²) in [5.41, 5.74) is 4.69. The topological polar surface area (TPSA) is 85.3 Å². The van der Waals surface area contributed by atoms with E-state index in [-0.39, 0.29) is 11.7 Å². The summed E-state index contributed by atoms with van der Waals surface area (Å²) in [6, 6.07) is 11.7. The lowest BCUT2D eigenvalue weighted by Crippen LogP contribution is -2.20. The number of aromatic nitrogens is 3. The Kier molecular flexibility index (Phi) is 6.65. The van der Waals surface area contributed by atoms with Crippen LogP contribution in [0.2, 0.25) is 0 Å². The highest BCUT2D eigenvalue weighted by atomic mass is 32.2. The monoisotopic (exact) mass is 397 g/mol. The van der Waals surface area contributed by atoms with E-state index in [9.17, 15) is 4.79 Å². The van der Waals surface area contributed by atoms with E-state index in [2.05, 4.69) is 58.2 Å². The predicted octanol–water partition coefficient (Wildman–Crippen LogP) is 3.74. The molecule has 1 N–H and O–H groups in total. The summed E-state index contributed by atoms with van der Waals surface area (Å²) < 4.78 is 7.19. The molecule has 0 bridgehead atoms. The van der Waals surface area contributed by atoms with Crippen molar-refractivity contribution >= 4 is 23.9 Å². The molecular weight excluding hydrogens is 374 g/mol. The second-order valence-electron chi connectivity index (χ2n) is 6.77. The van der Waals surface area contributed by atoms with Gasteiger partial charge < -0.3 is 8.98 Å². The minimum absolute atomic E-state index is 0.194. The number of amides is 1. The van der Waals surface area contributed by atoms with E-state index >= 15 is 0 Å². The molecule has 0 aliphatic carbocycles. The Bertz CT molecular complexity index is 930. The molecule has 1 amide bonds. The maximum atomic E-state index is 12.1. The molecule has 1 aromatic carbocycles. The SMILES string of the molecule is Cc1ccc(-c2nnc(SCC(=O)N/N=C/c3ccco3)n2CC(C)C)cc1. The van der Waals surface area contributed by atoms with Crippen molar-refractivity contribution in [2.45, 2.75) is 32.5 Å². The van der Waals surface area contributed by atoms with Crippen molar-refractivity contribution in [2.75, 3.05) is 5.75 Å². The Labute approximate surface area is 168 Å². The molecule has 2 aromatic heterocycles. The molecule has 0 aliphatic heterocycles. The van der Waals surface area contributed by atoms with Crippen LogP contribution in [0, 0.1) is 12.8 Å².